The van der Waals surface area contributed by atoms with Crippen LogP contribution in [-0.4, -0.2) is 59.7 Å². The Morgan fingerprint density at radius 2 is 1.82 bits per heavy atom. The van der Waals surface area contributed by atoms with E-state index < -0.39 is 11.6 Å². The van der Waals surface area contributed by atoms with Crippen molar-refractivity contribution >= 4 is 16.6 Å². The lowest BCUT2D eigenvalue weighted by Crippen LogP contribution is -2.54. The standard InChI is InChI=1S/C14H17FN2.C12H15F3N2/c1-3-17-8-13-10(7-9(17)2)14-11(15)5-4-6-12(14)16-13;13-2-1-3-17-7-12(8-17)16-11-5-9(14)4-10(15)6-11/h4-6,9,16H,3,7-8H2,1-2H3;4-6,12,16H,1-3,7-8H2. The zero-order valence-corrected chi connectivity index (χ0v) is 19.7. The molecule has 184 valence electrons. The molecule has 3 heterocycles. The number of benzene rings is 2. The molecule has 3 aromatic rings. The van der Waals surface area contributed by atoms with Gasteiger partial charge in [0.2, 0.25) is 0 Å². The van der Waals surface area contributed by atoms with Gasteiger partial charge < -0.3 is 10.3 Å². The number of H-pyrrole nitrogens is 1. The maximum atomic E-state index is 13.9. The summed E-state index contributed by atoms with van der Waals surface area (Å²) in [7, 11) is 0. The van der Waals surface area contributed by atoms with Crippen molar-refractivity contribution in [2.45, 2.75) is 45.3 Å². The SMILES string of the molecule is CCN1Cc2[nH]c3cccc(F)c3c2CC1C.FCCCN1CC(Nc2cc(F)cc(F)c2)C1. The number of nitrogens with zero attached hydrogens (tertiary/aromatic N) is 2. The quantitative estimate of drug-likeness (QED) is 0.462. The third kappa shape index (κ3) is 5.55. The van der Waals surface area contributed by atoms with Crippen LogP contribution in [0.4, 0.5) is 23.2 Å². The van der Waals surface area contributed by atoms with Gasteiger partial charge in [-0.05, 0) is 56.1 Å². The molecule has 0 radical (unpaired) electrons. The average molecular weight is 477 g/mol. The minimum atomic E-state index is -0.582. The van der Waals surface area contributed by atoms with E-state index in [9.17, 15) is 17.6 Å². The van der Waals surface area contributed by atoms with E-state index in [-0.39, 0.29) is 18.5 Å². The second-order valence-electron chi connectivity index (χ2n) is 9.16. The molecule has 5 rings (SSSR count). The predicted molar refractivity (Wildman–Crippen MR) is 128 cm³/mol. The first-order valence-electron chi connectivity index (χ1n) is 11.9. The van der Waals surface area contributed by atoms with Crippen LogP contribution in [0.2, 0.25) is 0 Å². The summed E-state index contributed by atoms with van der Waals surface area (Å²) in [4.78, 5) is 7.88. The number of aromatic amines is 1. The predicted octanol–water partition coefficient (Wildman–Crippen LogP) is 5.49. The lowest BCUT2D eigenvalue weighted by Gasteiger charge is -2.40. The Kier molecular flexibility index (Phi) is 7.78. The molecule has 1 atom stereocenters. The van der Waals surface area contributed by atoms with Gasteiger partial charge in [0, 0.05) is 60.6 Å². The molecule has 1 fully saturated rings. The van der Waals surface area contributed by atoms with Crippen LogP contribution in [0.1, 0.15) is 31.5 Å². The molecular weight excluding hydrogens is 444 g/mol. The third-order valence-corrected chi connectivity index (χ3v) is 6.65. The smallest absolute Gasteiger partial charge is 0.132 e. The van der Waals surface area contributed by atoms with Crippen LogP contribution in [0.15, 0.2) is 36.4 Å². The van der Waals surface area contributed by atoms with Crippen molar-refractivity contribution in [2.24, 2.45) is 0 Å². The Labute approximate surface area is 197 Å². The van der Waals surface area contributed by atoms with Gasteiger partial charge in [0.25, 0.3) is 0 Å². The summed E-state index contributed by atoms with van der Waals surface area (Å²) in [6, 6.07) is 9.34. The molecule has 0 amide bonds. The summed E-state index contributed by atoms with van der Waals surface area (Å²) >= 11 is 0. The fourth-order valence-corrected chi connectivity index (χ4v) is 4.89. The maximum absolute atomic E-state index is 13.9. The molecular formula is C26H32F4N4. The molecule has 1 unspecified atom stereocenters. The van der Waals surface area contributed by atoms with Crippen molar-refractivity contribution in [2.75, 3.05) is 38.2 Å². The van der Waals surface area contributed by atoms with Crippen LogP contribution in [0.3, 0.4) is 0 Å². The van der Waals surface area contributed by atoms with E-state index in [0.717, 1.165) is 56.1 Å². The molecule has 34 heavy (non-hydrogen) atoms. The van der Waals surface area contributed by atoms with Gasteiger partial charge in [0.15, 0.2) is 0 Å². The number of likely N-dealkylation sites (tertiary alicyclic amines) is 1. The summed E-state index contributed by atoms with van der Waals surface area (Å²) in [5.74, 6) is -1.26. The number of anilines is 1. The van der Waals surface area contributed by atoms with Gasteiger partial charge in [-0.3, -0.25) is 14.2 Å². The van der Waals surface area contributed by atoms with Crippen LogP contribution < -0.4 is 5.32 Å². The molecule has 1 saturated heterocycles. The Hall–Kier alpha value is -2.58. The zero-order chi connectivity index (χ0) is 24.2. The Morgan fingerprint density at radius 1 is 1.09 bits per heavy atom. The highest BCUT2D eigenvalue weighted by Crippen LogP contribution is 2.31. The van der Waals surface area contributed by atoms with Crippen LogP contribution in [0.25, 0.3) is 10.9 Å². The molecule has 0 bridgehead atoms. The van der Waals surface area contributed by atoms with Crippen molar-refractivity contribution in [3.8, 4) is 0 Å². The Balaban J connectivity index is 0.000000161. The normalized spacial score (nSPS) is 18.8. The van der Waals surface area contributed by atoms with Gasteiger partial charge in [0.05, 0.1) is 12.7 Å². The van der Waals surface area contributed by atoms with Gasteiger partial charge in [0.1, 0.15) is 17.5 Å². The van der Waals surface area contributed by atoms with E-state index in [1.54, 1.807) is 12.1 Å². The first-order chi connectivity index (χ1) is 16.4. The van der Waals surface area contributed by atoms with Gasteiger partial charge in [-0.1, -0.05) is 13.0 Å². The van der Waals surface area contributed by atoms with Gasteiger partial charge in [-0.15, -0.1) is 0 Å². The number of rotatable bonds is 6. The molecule has 1 aromatic heterocycles. The number of nitrogens with one attached hydrogen (secondary N) is 2. The highest BCUT2D eigenvalue weighted by atomic mass is 19.1. The zero-order valence-electron chi connectivity index (χ0n) is 19.7. The number of aromatic nitrogens is 1. The first-order valence-corrected chi connectivity index (χ1v) is 11.9. The first kappa shape index (κ1) is 24.5. The van der Waals surface area contributed by atoms with Crippen LogP contribution in [0.5, 0.6) is 0 Å². The summed E-state index contributed by atoms with van der Waals surface area (Å²) in [5.41, 5.74) is 3.75. The minimum absolute atomic E-state index is 0.0999. The fraction of sp³-hybridized carbons (Fsp3) is 0.462. The van der Waals surface area contributed by atoms with E-state index in [2.05, 4.69) is 33.9 Å². The summed E-state index contributed by atoms with van der Waals surface area (Å²) in [6.07, 6.45) is 1.48. The molecule has 0 spiro atoms. The monoisotopic (exact) mass is 476 g/mol. The highest BCUT2D eigenvalue weighted by Gasteiger charge is 2.27. The van der Waals surface area contributed by atoms with Crippen LogP contribution in [-0.2, 0) is 13.0 Å². The second-order valence-corrected chi connectivity index (χ2v) is 9.16. The summed E-state index contributed by atoms with van der Waals surface area (Å²) in [6.45, 7) is 8.35. The Morgan fingerprint density at radius 3 is 2.50 bits per heavy atom. The van der Waals surface area contributed by atoms with Crippen LogP contribution >= 0.6 is 0 Å². The molecule has 0 aliphatic carbocycles. The number of hydrogen-bond acceptors (Lipinski definition) is 3. The fourth-order valence-electron chi connectivity index (χ4n) is 4.89. The van der Waals surface area contributed by atoms with E-state index >= 15 is 0 Å². The van der Waals surface area contributed by atoms with Crippen molar-refractivity contribution in [1.29, 1.82) is 0 Å². The second kappa shape index (κ2) is 10.8. The highest BCUT2D eigenvalue weighted by molar-refractivity contribution is 5.85. The van der Waals surface area contributed by atoms with Crippen LogP contribution in [0, 0.1) is 17.5 Å². The van der Waals surface area contributed by atoms with Gasteiger partial charge in [-0.25, -0.2) is 13.2 Å². The van der Waals surface area contributed by atoms with Crippen molar-refractivity contribution in [3.63, 3.8) is 0 Å². The third-order valence-electron chi connectivity index (χ3n) is 6.65. The average Bonchev–Trinajstić information content (AvgIpc) is 3.13. The molecule has 2 aliphatic rings. The van der Waals surface area contributed by atoms with E-state index in [1.807, 2.05) is 6.07 Å². The number of fused-ring (bicyclic) bond motifs is 3. The van der Waals surface area contributed by atoms with Crippen molar-refractivity contribution < 1.29 is 17.6 Å². The van der Waals surface area contributed by atoms with E-state index in [1.165, 1.54) is 23.4 Å². The molecule has 0 saturated carbocycles. The number of likely N-dealkylation sites (N-methyl/N-ethyl adjacent to an activating group) is 1. The Bertz CT molecular complexity index is 1090. The maximum Gasteiger partial charge on any atom is 0.132 e. The minimum Gasteiger partial charge on any atom is -0.380 e. The molecule has 2 aromatic carbocycles. The lowest BCUT2D eigenvalue weighted by molar-refractivity contribution is 0.155. The topological polar surface area (TPSA) is 34.3 Å². The van der Waals surface area contributed by atoms with Gasteiger partial charge in [-0.2, -0.15) is 0 Å². The number of alkyl halides is 1. The molecule has 2 aliphatic heterocycles. The van der Waals surface area contributed by atoms with E-state index in [0.29, 0.717) is 18.2 Å². The lowest BCUT2D eigenvalue weighted by atomic mass is 9.97. The number of halogens is 4. The summed E-state index contributed by atoms with van der Waals surface area (Å²) < 4.78 is 51.6. The molecule has 8 heteroatoms. The number of hydrogen-bond donors (Lipinski definition) is 2. The molecule has 2 N–H and O–H groups in total. The van der Waals surface area contributed by atoms with Crippen molar-refractivity contribution in [1.82, 2.24) is 14.8 Å². The largest absolute Gasteiger partial charge is 0.380 e. The summed E-state index contributed by atoms with van der Waals surface area (Å²) in [5, 5.41) is 3.85. The van der Waals surface area contributed by atoms with Gasteiger partial charge >= 0.3 is 0 Å². The molecule has 4 nitrogen and oxygen atoms in total. The van der Waals surface area contributed by atoms with E-state index in [4.69, 9.17) is 0 Å². The van der Waals surface area contributed by atoms with Crippen molar-refractivity contribution in [3.05, 3.63) is 65.1 Å².